The minimum absolute atomic E-state index is 0.0493. The highest BCUT2D eigenvalue weighted by Gasteiger charge is 2.35. The van der Waals surface area contributed by atoms with E-state index >= 15 is 0 Å². The van der Waals surface area contributed by atoms with Crippen molar-refractivity contribution >= 4 is 27.6 Å². The Morgan fingerprint density at radius 1 is 1.32 bits per heavy atom. The summed E-state index contributed by atoms with van der Waals surface area (Å²) in [6.45, 7) is 0.0862. The Balaban J connectivity index is 2.24. The van der Waals surface area contributed by atoms with Crippen molar-refractivity contribution in [2.45, 2.75) is 11.3 Å². The van der Waals surface area contributed by atoms with E-state index in [-0.39, 0.29) is 23.8 Å². The number of sulfonamides is 1. The Kier molecular flexibility index (Phi) is 3.29. The highest BCUT2D eigenvalue weighted by molar-refractivity contribution is 7.89. The van der Waals surface area contributed by atoms with Gasteiger partial charge in [-0.15, -0.1) is 0 Å². The molecule has 1 heterocycles. The Bertz CT molecular complexity index is 623. The topological polar surface area (TPSA) is 118 Å². The van der Waals surface area contributed by atoms with E-state index in [1.165, 1.54) is 29.2 Å². The van der Waals surface area contributed by atoms with E-state index in [0.29, 0.717) is 5.69 Å². The van der Waals surface area contributed by atoms with E-state index in [1.807, 2.05) is 0 Å². The molecule has 3 N–H and O–H groups in total. The van der Waals surface area contributed by atoms with Crippen LogP contribution in [0.2, 0.25) is 0 Å². The summed E-state index contributed by atoms with van der Waals surface area (Å²) < 4.78 is 22.2. The van der Waals surface area contributed by atoms with Gasteiger partial charge in [0.15, 0.2) is 0 Å². The molecular formula is C11H12N2O5S. The van der Waals surface area contributed by atoms with Gasteiger partial charge in [0.25, 0.3) is 0 Å². The zero-order valence-electron chi connectivity index (χ0n) is 9.81. The molecule has 0 aliphatic carbocycles. The number of rotatable bonds is 3. The molecule has 19 heavy (non-hydrogen) atoms. The van der Waals surface area contributed by atoms with Crippen molar-refractivity contribution in [2.24, 2.45) is 11.1 Å². The van der Waals surface area contributed by atoms with Crippen LogP contribution >= 0.6 is 0 Å². The molecule has 0 radical (unpaired) electrons. The number of amides is 1. The standard InChI is InChI=1S/C11H12N2O5S/c12-19(17,18)9-3-1-8(2-4-9)13-6-7(11(15)16)5-10(13)14/h1-4,7H,5-6H2,(H,15,16)(H2,12,17,18)/t7-/m1/s1. The predicted molar refractivity (Wildman–Crippen MR) is 65.9 cm³/mol. The number of nitrogens with zero attached hydrogens (tertiary/aromatic N) is 1. The Morgan fingerprint density at radius 3 is 2.32 bits per heavy atom. The van der Waals surface area contributed by atoms with Crippen molar-refractivity contribution in [3.05, 3.63) is 24.3 Å². The first kappa shape index (κ1) is 13.5. The Hall–Kier alpha value is -1.93. The molecule has 1 aliphatic rings. The summed E-state index contributed by atoms with van der Waals surface area (Å²) in [5, 5.41) is 13.8. The molecule has 0 spiro atoms. The van der Waals surface area contributed by atoms with Crippen molar-refractivity contribution in [3.63, 3.8) is 0 Å². The van der Waals surface area contributed by atoms with Gasteiger partial charge in [0.05, 0.1) is 10.8 Å². The van der Waals surface area contributed by atoms with Gasteiger partial charge in [-0.05, 0) is 24.3 Å². The summed E-state index contributed by atoms with van der Waals surface area (Å²) in [4.78, 5) is 23.8. The minimum atomic E-state index is -3.78. The van der Waals surface area contributed by atoms with Crippen molar-refractivity contribution < 1.29 is 23.1 Å². The molecule has 0 aromatic heterocycles. The number of carboxylic acid groups (broad SMARTS) is 1. The molecule has 102 valence electrons. The summed E-state index contributed by atoms with van der Waals surface area (Å²) in [6, 6.07) is 5.43. The third-order valence-corrected chi connectivity index (χ3v) is 3.88. The van der Waals surface area contributed by atoms with Crippen LogP contribution in [0.15, 0.2) is 29.2 Å². The first-order valence-corrected chi connectivity index (χ1v) is 6.99. The van der Waals surface area contributed by atoms with Gasteiger partial charge in [0.1, 0.15) is 0 Å². The zero-order valence-corrected chi connectivity index (χ0v) is 10.6. The number of primary sulfonamides is 1. The van der Waals surface area contributed by atoms with Crippen LogP contribution in [0, 0.1) is 5.92 Å². The summed E-state index contributed by atoms with van der Waals surface area (Å²) in [7, 11) is -3.78. The van der Waals surface area contributed by atoms with Gasteiger partial charge in [0.2, 0.25) is 15.9 Å². The predicted octanol–water partition coefficient (Wildman–Crippen LogP) is -0.229. The lowest BCUT2D eigenvalue weighted by molar-refractivity contribution is -0.141. The number of carbonyl (C=O) groups excluding carboxylic acids is 1. The highest BCUT2D eigenvalue weighted by atomic mass is 32.2. The van der Waals surface area contributed by atoms with Crippen LogP contribution in [-0.4, -0.2) is 31.9 Å². The molecule has 1 aromatic carbocycles. The zero-order chi connectivity index (χ0) is 14.2. The molecule has 1 atom stereocenters. The second-order valence-corrected chi connectivity index (χ2v) is 5.84. The summed E-state index contributed by atoms with van der Waals surface area (Å²) >= 11 is 0. The maximum Gasteiger partial charge on any atom is 0.308 e. The SMILES string of the molecule is NS(=O)(=O)c1ccc(N2C[C@H](C(=O)O)CC2=O)cc1. The van der Waals surface area contributed by atoms with Crippen LogP contribution in [0.25, 0.3) is 0 Å². The molecule has 1 aliphatic heterocycles. The molecule has 0 unspecified atom stereocenters. The summed E-state index contributed by atoms with van der Waals surface area (Å²) in [6.07, 6.45) is -0.0493. The van der Waals surface area contributed by atoms with Gasteiger partial charge in [-0.2, -0.15) is 0 Å². The van der Waals surface area contributed by atoms with E-state index in [1.54, 1.807) is 0 Å². The first-order chi connectivity index (χ1) is 8.79. The number of benzene rings is 1. The minimum Gasteiger partial charge on any atom is -0.481 e. The van der Waals surface area contributed by atoms with Crippen molar-refractivity contribution in [3.8, 4) is 0 Å². The average molecular weight is 284 g/mol. The van der Waals surface area contributed by atoms with Crippen molar-refractivity contribution in [1.82, 2.24) is 0 Å². The molecule has 8 heteroatoms. The van der Waals surface area contributed by atoms with E-state index in [2.05, 4.69) is 0 Å². The van der Waals surface area contributed by atoms with E-state index in [4.69, 9.17) is 10.2 Å². The average Bonchev–Trinajstić information content (AvgIpc) is 2.70. The van der Waals surface area contributed by atoms with Crippen LogP contribution < -0.4 is 10.0 Å². The van der Waals surface area contributed by atoms with Gasteiger partial charge in [-0.1, -0.05) is 0 Å². The molecule has 0 saturated carbocycles. The third kappa shape index (κ3) is 2.74. The van der Waals surface area contributed by atoms with Gasteiger partial charge in [-0.3, -0.25) is 9.59 Å². The molecule has 1 amide bonds. The molecule has 0 bridgehead atoms. The maximum absolute atomic E-state index is 11.7. The summed E-state index contributed by atoms with van der Waals surface area (Å²) in [5.41, 5.74) is 0.459. The van der Waals surface area contributed by atoms with Crippen LogP contribution in [-0.2, 0) is 19.6 Å². The summed E-state index contributed by atoms with van der Waals surface area (Å²) in [5.74, 6) is -2.04. The molecule has 1 fully saturated rings. The fraction of sp³-hybridized carbons (Fsp3) is 0.273. The maximum atomic E-state index is 11.7. The van der Waals surface area contributed by atoms with E-state index < -0.39 is 21.9 Å². The van der Waals surface area contributed by atoms with Crippen molar-refractivity contribution in [1.29, 1.82) is 0 Å². The van der Waals surface area contributed by atoms with E-state index in [9.17, 15) is 18.0 Å². The number of anilines is 1. The lowest BCUT2D eigenvalue weighted by atomic mass is 10.1. The monoisotopic (exact) mass is 284 g/mol. The number of hydrogen-bond acceptors (Lipinski definition) is 4. The molecule has 7 nitrogen and oxygen atoms in total. The fourth-order valence-electron chi connectivity index (χ4n) is 1.94. The van der Waals surface area contributed by atoms with Crippen LogP contribution in [0.3, 0.4) is 0 Å². The smallest absolute Gasteiger partial charge is 0.308 e. The first-order valence-electron chi connectivity index (χ1n) is 5.45. The second kappa shape index (κ2) is 4.63. The number of nitrogens with two attached hydrogens (primary N) is 1. The molecule has 1 saturated heterocycles. The lowest BCUT2D eigenvalue weighted by Crippen LogP contribution is -2.25. The quantitative estimate of drug-likeness (QED) is 0.795. The van der Waals surface area contributed by atoms with Gasteiger partial charge in [-0.25, -0.2) is 13.6 Å². The largest absolute Gasteiger partial charge is 0.481 e. The van der Waals surface area contributed by atoms with Gasteiger partial charge < -0.3 is 10.0 Å². The Morgan fingerprint density at radius 2 is 1.89 bits per heavy atom. The van der Waals surface area contributed by atoms with Gasteiger partial charge >= 0.3 is 5.97 Å². The number of aliphatic carboxylic acids is 1. The van der Waals surface area contributed by atoms with E-state index in [0.717, 1.165) is 0 Å². The lowest BCUT2D eigenvalue weighted by Gasteiger charge is -2.16. The molecule has 1 aromatic rings. The Labute approximate surface area is 109 Å². The number of hydrogen-bond donors (Lipinski definition) is 2. The number of carbonyl (C=O) groups is 2. The molecule has 2 rings (SSSR count). The van der Waals surface area contributed by atoms with Crippen LogP contribution in [0.4, 0.5) is 5.69 Å². The van der Waals surface area contributed by atoms with Crippen LogP contribution in [0.1, 0.15) is 6.42 Å². The normalized spacial score (nSPS) is 19.7. The fourth-order valence-corrected chi connectivity index (χ4v) is 2.45. The van der Waals surface area contributed by atoms with Crippen LogP contribution in [0.5, 0.6) is 0 Å². The van der Waals surface area contributed by atoms with Crippen molar-refractivity contribution in [2.75, 3.05) is 11.4 Å². The second-order valence-electron chi connectivity index (χ2n) is 4.28. The molecular weight excluding hydrogens is 272 g/mol. The van der Waals surface area contributed by atoms with Gasteiger partial charge in [0, 0.05) is 18.7 Å². The highest BCUT2D eigenvalue weighted by Crippen LogP contribution is 2.26. The third-order valence-electron chi connectivity index (χ3n) is 2.95. The number of carboxylic acids is 1.